The smallest absolute Gasteiger partial charge is 0.251 e. The van der Waals surface area contributed by atoms with Crippen LogP contribution in [0, 0.1) is 0 Å². The van der Waals surface area contributed by atoms with Gasteiger partial charge in [0, 0.05) is 18.3 Å². The van der Waals surface area contributed by atoms with Crippen molar-refractivity contribution in [2.45, 2.75) is 25.3 Å². The van der Waals surface area contributed by atoms with Crippen LogP contribution in [-0.4, -0.2) is 13.0 Å². The molecule has 3 heteroatoms. The summed E-state index contributed by atoms with van der Waals surface area (Å²) in [6, 6.07) is 16.6. The van der Waals surface area contributed by atoms with Crippen molar-refractivity contribution in [3.63, 3.8) is 0 Å². The number of rotatable bonds is 3. The number of carbonyl (C=O) groups is 1. The molecule has 0 spiro atoms. The van der Waals surface area contributed by atoms with E-state index in [9.17, 15) is 4.79 Å². The van der Waals surface area contributed by atoms with Crippen LogP contribution in [0.25, 0.3) is 0 Å². The molecule has 0 aromatic heterocycles. The molecule has 1 aliphatic rings. The Bertz CT molecular complexity index is 651. The van der Waals surface area contributed by atoms with Gasteiger partial charge in [0.15, 0.2) is 0 Å². The predicted molar refractivity (Wildman–Crippen MR) is 85.6 cm³/mol. The maximum Gasteiger partial charge on any atom is 0.251 e. The highest BCUT2D eigenvalue weighted by Crippen LogP contribution is 2.32. The van der Waals surface area contributed by atoms with Crippen LogP contribution >= 0.6 is 0 Å². The van der Waals surface area contributed by atoms with E-state index in [1.165, 1.54) is 17.5 Å². The third kappa shape index (κ3) is 2.92. The number of anilines is 1. The van der Waals surface area contributed by atoms with Crippen LogP contribution < -0.4 is 10.6 Å². The van der Waals surface area contributed by atoms with Crippen molar-refractivity contribution in [2.75, 3.05) is 12.4 Å². The van der Waals surface area contributed by atoms with Crippen molar-refractivity contribution < 1.29 is 4.79 Å². The molecule has 1 amide bonds. The van der Waals surface area contributed by atoms with E-state index < -0.39 is 0 Å². The van der Waals surface area contributed by atoms with Gasteiger partial charge < -0.3 is 10.6 Å². The standard InChI is InChI=1S/C18H20N2O/c1-19-18(21)14-8-4-9-15(12-14)20-17-11-5-7-13-6-2-3-10-16(13)17/h2-4,6,8-10,12,17,20H,5,7,11H2,1H3,(H,19,21). The fraction of sp³-hybridized carbons (Fsp3) is 0.278. The van der Waals surface area contributed by atoms with Gasteiger partial charge in [-0.2, -0.15) is 0 Å². The monoisotopic (exact) mass is 280 g/mol. The van der Waals surface area contributed by atoms with Crippen LogP contribution in [0.4, 0.5) is 5.69 Å². The molecule has 2 aromatic carbocycles. The van der Waals surface area contributed by atoms with Crippen molar-refractivity contribution in [1.82, 2.24) is 5.32 Å². The summed E-state index contributed by atoms with van der Waals surface area (Å²) in [6.45, 7) is 0. The number of carbonyl (C=O) groups excluding carboxylic acids is 1. The Kier molecular flexibility index (Phi) is 3.91. The lowest BCUT2D eigenvalue weighted by molar-refractivity contribution is 0.0963. The van der Waals surface area contributed by atoms with Crippen molar-refractivity contribution >= 4 is 11.6 Å². The molecule has 1 aliphatic carbocycles. The largest absolute Gasteiger partial charge is 0.378 e. The third-order valence-electron chi connectivity index (χ3n) is 4.06. The minimum atomic E-state index is -0.0531. The molecule has 108 valence electrons. The van der Waals surface area contributed by atoms with Gasteiger partial charge in [0.05, 0.1) is 6.04 Å². The molecule has 2 N–H and O–H groups in total. The van der Waals surface area contributed by atoms with E-state index in [1.807, 2.05) is 24.3 Å². The lowest BCUT2D eigenvalue weighted by Crippen LogP contribution is -2.19. The van der Waals surface area contributed by atoms with E-state index in [4.69, 9.17) is 0 Å². The van der Waals surface area contributed by atoms with Gasteiger partial charge in [-0.25, -0.2) is 0 Å². The Morgan fingerprint density at radius 3 is 2.86 bits per heavy atom. The Labute approximate surface area is 125 Å². The highest BCUT2D eigenvalue weighted by molar-refractivity contribution is 5.94. The first-order chi connectivity index (χ1) is 10.3. The Hall–Kier alpha value is -2.29. The molecule has 3 rings (SSSR count). The van der Waals surface area contributed by atoms with Crippen molar-refractivity contribution in [1.29, 1.82) is 0 Å². The number of fused-ring (bicyclic) bond motifs is 1. The summed E-state index contributed by atoms with van der Waals surface area (Å²) in [7, 11) is 1.65. The minimum absolute atomic E-state index is 0.0531. The van der Waals surface area contributed by atoms with Gasteiger partial charge in [0.1, 0.15) is 0 Å². The fourth-order valence-electron chi connectivity index (χ4n) is 3.00. The molecular formula is C18H20N2O. The molecular weight excluding hydrogens is 260 g/mol. The van der Waals surface area contributed by atoms with E-state index in [1.54, 1.807) is 7.05 Å². The quantitative estimate of drug-likeness (QED) is 0.903. The van der Waals surface area contributed by atoms with Gasteiger partial charge in [0.25, 0.3) is 5.91 Å². The number of hydrogen-bond acceptors (Lipinski definition) is 2. The molecule has 0 heterocycles. The maximum atomic E-state index is 11.7. The van der Waals surface area contributed by atoms with Crippen LogP contribution in [0.2, 0.25) is 0 Å². The second kappa shape index (κ2) is 6.00. The number of nitrogens with one attached hydrogen (secondary N) is 2. The fourth-order valence-corrected chi connectivity index (χ4v) is 3.00. The summed E-state index contributed by atoms with van der Waals surface area (Å²) < 4.78 is 0. The second-order valence-electron chi connectivity index (χ2n) is 5.45. The van der Waals surface area contributed by atoms with Crippen molar-refractivity contribution in [3.05, 3.63) is 65.2 Å². The van der Waals surface area contributed by atoms with Crippen molar-refractivity contribution in [3.8, 4) is 0 Å². The van der Waals surface area contributed by atoms with Crippen molar-refractivity contribution in [2.24, 2.45) is 0 Å². The third-order valence-corrected chi connectivity index (χ3v) is 4.06. The SMILES string of the molecule is CNC(=O)c1cccc(NC2CCCc3ccccc32)c1. The minimum Gasteiger partial charge on any atom is -0.378 e. The zero-order valence-electron chi connectivity index (χ0n) is 12.2. The first kappa shape index (κ1) is 13.7. The molecule has 21 heavy (non-hydrogen) atoms. The van der Waals surface area contributed by atoms with E-state index in [2.05, 4.69) is 34.9 Å². The molecule has 0 aliphatic heterocycles. The van der Waals surface area contributed by atoms with E-state index in [-0.39, 0.29) is 5.91 Å². The van der Waals surface area contributed by atoms with Gasteiger partial charge in [-0.3, -0.25) is 4.79 Å². The normalized spacial score (nSPS) is 16.9. The Balaban J connectivity index is 1.83. The second-order valence-corrected chi connectivity index (χ2v) is 5.45. The molecule has 2 aromatic rings. The van der Waals surface area contributed by atoms with Crippen LogP contribution in [0.15, 0.2) is 48.5 Å². The van der Waals surface area contributed by atoms with Crippen LogP contribution in [0.5, 0.6) is 0 Å². The topological polar surface area (TPSA) is 41.1 Å². The summed E-state index contributed by atoms with van der Waals surface area (Å²) >= 11 is 0. The lowest BCUT2D eigenvalue weighted by atomic mass is 9.87. The van der Waals surface area contributed by atoms with E-state index in [0.717, 1.165) is 18.5 Å². The van der Waals surface area contributed by atoms with Gasteiger partial charge in [-0.15, -0.1) is 0 Å². The summed E-state index contributed by atoms with van der Waals surface area (Å²) in [5.74, 6) is -0.0531. The zero-order chi connectivity index (χ0) is 14.7. The highest BCUT2D eigenvalue weighted by Gasteiger charge is 2.19. The molecule has 0 fully saturated rings. The summed E-state index contributed by atoms with van der Waals surface area (Å²) in [5.41, 5.74) is 4.50. The molecule has 0 bridgehead atoms. The first-order valence-corrected chi connectivity index (χ1v) is 7.44. The van der Waals surface area contributed by atoms with Gasteiger partial charge >= 0.3 is 0 Å². The summed E-state index contributed by atoms with van der Waals surface area (Å²) in [4.78, 5) is 11.7. The molecule has 1 unspecified atom stereocenters. The van der Waals surface area contributed by atoms with Gasteiger partial charge in [-0.05, 0) is 48.6 Å². The molecule has 0 saturated carbocycles. The number of aryl methyl sites for hydroxylation is 1. The molecule has 1 atom stereocenters. The van der Waals surface area contributed by atoms with Gasteiger partial charge in [-0.1, -0.05) is 30.3 Å². The number of benzene rings is 2. The van der Waals surface area contributed by atoms with Gasteiger partial charge in [0.2, 0.25) is 0 Å². The average molecular weight is 280 g/mol. The lowest BCUT2D eigenvalue weighted by Gasteiger charge is -2.27. The Morgan fingerprint density at radius 2 is 2.00 bits per heavy atom. The van der Waals surface area contributed by atoms with E-state index in [0.29, 0.717) is 11.6 Å². The predicted octanol–water partition coefficient (Wildman–Crippen LogP) is 3.54. The highest BCUT2D eigenvalue weighted by atomic mass is 16.1. The molecule has 0 saturated heterocycles. The van der Waals surface area contributed by atoms with E-state index >= 15 is 0 Å². The summed E-state index contributed by atoms with van der Waals surface area (Å²) in [5, 5.41) is 6.24. The van der Waals surface area contributed by atoms with Crippen LogP contribution in [0.1, 0.15) is 40.4 Å². The molecule has 3 nitrogen and oxygen atoms in total. The Morgan fingerprint density at radius 1 is 1.14 bits per heavy atom. The van der Waals surface area contributed by atoms with Crippen LogP contribution in [-0.2, 0) is 6.42 Å². The zero-order valence-corrected chi connectivity index (χ0v) is 12.2. The summed E-state index contributed by atoms with van der Waals surface area (Å²) in [6.07, 6.45) is 3.48. The van der Waals surface area contributed by atoms with Crippen LogP contribution in [0.3, 0.4) is 0 Å². The first-order valence-electron chi connectivity index (χ1n) is 7.44. The number of amides is 1. The maximum absolute atomic E-state index is 11.7. The average Bonchev–Trinajstić information content (AvgIpc) is 2.55. The molecule has 0 radical (unpaired) electrons. The number of hydrogen-bond donors (Lipinski definition) is 2.